The van der Waals surface area contributed by atoms with Gasteiger partial charge in [0.05, 0.1) is 5.41 Å². The first-order chi connectivity index (χ1) is 9.01. The SMILES string of the molecule is CCC(C)(CN)C(=O)N1CCCC1C(=O)NC1CC1. The molecule has 1 saturated carbocycles. The van der Waals surface area contributed by atoms with Crippen LogP contribution < -0.4 is 11.1 Å². The van der Waals surface area contributed by atoms with Gasteiger partial charge in [0.2, 0.25) is 11.8 Å². The van der Waals surface area contributed by atoms with E-state index in [2.05, 4.69) is 5.32 Å². The molecule has 2 fully saturated rings. The third-order valence-electron chi connectivity index (χ3n) is 4.49. The number of likely N-dealkylation sites (tertiary alicyclic amines) is 1. The third kappa shape index (κ3) is 2.91. The molecule has 1 saturated heterocycles. The van der Waals surface area contributed by atoms with Gasteiger partial charge in [-0.25, -0.2) is 0 Å². The Morgan fingerprint density at radius 3 is 2.58 bits per heavy atom. The van der Waals surface area contributed by atoms with E-state index in [9.17, 15) is 9.59 Å². The Morgan fingerprint density at radius 1 is 1.37 bits per heavy atom. The van der Waals surface area contributed by atoms with Gasteiger partial charge in [0.1, 0.15) is 6.04 Å². The highest BCUT2D eigenvalue weighted by atomic mass is 16.2. The van der Waals surface area contributed by atoms with Crippen molar-refractivity contribution in [3.8, 4) is 0 Å². The zero-order valence-corrected chi connectivity index (χ0v) is 11.9. The number of carbonyl (C=O) groups excluding carboxylic acids is 2. The van der Waals surface area contributed by atoms with Crippen molar-refractivity contribution in [2.45, 2.75) is 58.0 Å². The van der Waals surface area contributed by atoms with Crippen LogP contribution in [0.15, 0.2) is 0 Å². The minimum Gasteiger partial charge on any atom is -0.352 e. The van der Waals surface area contributed by atoms with Gasteiger partial charge in [-0.05, 0) is 39.0 Å². The minimum absolute atomic E-state index is 0.0174. The quantitative estimate of drug-likeness (QED) is 0.767. The molecule has 2 atom stereocenters. The maximum Gasteiger partial charge on any atom is 0.243 e. The van der Waals surface area contributed by atoms with Crippen molar-refractivity contribution in [1.29, 1.82) is 0 Å². The molecule has 5 nitrogen and oxygen atoms in total. The highest BCUT2D eigenvalue weighted by Crippen LogP contribution is 2.29. The zero-order valence-electron chi connectivity index (χ0n) is 11.9. The topological polar surface area (TPSA) is 75.4 Å². The van der Waals surface area contributed by atoms with Gasteiger partial charge >= 0.3 is 0 Å². The fourth-order valence-electron chi connectivity index (χ4n) is 2.54. The maximum atomic E-state index is 12.6. The van der Waals surface area contributed by atoms with Gasteiger partial charge in [0.15, 0.2) is 0 Å². The van der Waals surface area contributed by atoms with Crippen molar-refractivity contribution in [3.63, 3.8) is 0 Å². The number of hydrogen-bond acceptors (Lipinski definition) is 3. The molecular weight excluding hydrogens is 242 g/mol. The van der Waals surface area contributed by atoms with Crippen molar-refractivity contribution in [2.24, 2.45) is 11.1 Å². The molecular formula is C14H25N3O2. The van der Waals surface area contributed by atoms with Crippen LogP contribution in [0.1, 0.15) is 46.0 Å². The van der Waals surface area contributed by atoms with Crippen LogP contribution in [0.4, 0.5) is 0 Å². The lowest BCUT2D eigenvalue weighted by molar-refractivity contribution is -0.146. The second-order valence-corrected chi connectivity index (χ2v) is 6.06. The molecule has 0 aromatic rings. The van der Waals surface area contributed by atoms with Crippen LogP contribution in [-0.4, -0.2) is 41.9 Å². The van der Waals surface area contributed by atoms with Crippen LogP contribution in [0.25, 0.3) is 0 Å². The summed E-state index contributed by atoms with van der Waals surface area (Å²) in [5.74, 6) is 0.0507. The van der Waals surface area contributed by atoms with E-state index in [4.69, 9.17) is 5.73 Å². The molecule has 2 rings (SSSR count). The molecule has 1 aliphatic heterocycles. The predicted molar refractivity (Wildman–Crippen MR) is 73.4 cm³/mol. The van der Waals surface area contributed by atoms with E-state index in [1.807, 2.05) is 13.8 Å². The van der Waals surface area contributed by atoms with E-state index in [0.717, 1.165) is 25.7 Å². The molecule has 5 heteroatoms. The summed E-state index contributed by atoms with van der Waals surface area (Å²) in [6.45, 7) is 4.87. The standard InChI is InChI=1S/C14H25N3O2/c1-3-14(2,9-15)13(19)17-8-4-5-11(17)12(18)16-10-6-7-10/h10-11H,3-9,15H2,1-2H3,(H,16,18). The summed E-state index contributed by atoms with van der Waals surface area (Å²) in [4.78, 5) is 26.5. The van der Waals surface area contributed by atoms with Gasteiger partial charge in [-0.3, -0.25) is 9.59 Å². The van der Waals surface area contributed by atoms with E-state index >= 15 is 0 Å². The van der Waals surface area contributed by atoms with E-state index in [-0.39, 0.29) is 17.9 Å². The average molecular weight is 267 g/mol. The van der Waals surface area contributed by atoms with Crippen LogP contribution in [0.3, 0.4) is 0 Å². The first kappa shape index (κ1) is 14.3. The van der Waals surface area contributed by atoms with Gasteiger partial charge in [-0.15, -0.1) is 0 Å². The summed E-state index contributed by atoms with van der Waals surface area (Å²) in [5.41, 5.74) is 5.21. The average Bonchev–Trinajstić information content (AvgIpc) is 3.09. The fourth-order valence-corrected chi connectivity index (χ4v) is 2.54. The lowest BCUT2D eigenvalue weighted by Crippen LogP contribution is -2.52. The Labute approximate surface area is 114 Å². The number of nitrogens with zero attached hydrogens (tertiary/aromatic N) is 1. The number of nitrogens with two attached hydrogens (primary N) is 1. The second kappa shape index (κ2) is 5.49. The molecule has 1 heterocycles. The van der Waals surface area contributed by atoms with Gasteiger partial charge in [-0.2, -0.15) is 0 Å². The molecule has 0 bridgehead atoms. The fraction of sp³-hybridized carbons (Fsp3) is 0.857. The first-order valence-corrected chi connectivity index (χ1v) is 7.33. The van der Waals surface area contributed by atoms with Gasteiger partial charge in [-0.1, -0.05) is 6.92 Å². The van der Waals surface area contributed by atoms with E-state index in [1.54, 1.807) is 4.90 Å². The zero-order chi connectivity index (χ0) is 14.0. The van der Waals surface area contributed by atoms with Gasteiger partial charge in [0.25, 0.3) is 0 Å². The van der Waals surface area contributed by atoms with Gasteiger partial charge < -0.3 is 16.0 Å². The van der Waals surface area contributed by atoms with E-state index < -0.39 is 5.41 Å². The van der Waals surface area contributed by atoms with Crippen molar-refractivity contribution < 1.29 is 9.59 Å². The molecule has 0 spiro atoms. The monoisotopic (exact) mass is 267 g/mol. The Morgan fingerprint density at radius 2 is 2.05 bits per heavy atom. The van der Waals surface area contributed by atoms with E-state index in [0.29, 0.717) is 25.6 Å². The molecule has 1 aliphatic carbocycles. The summed E-state index contributed by atoms with van der Waals surface area (Å²) in [6.07, 6.45) is 4.52. The van der Waals surface area contributed by atoms with E-state index in [1.165, 1.54) is 0 Å². The Kier molecular flexibility index (Phi) is 4.13. The van der Waals surface area contributed by atoms with Crippen molar-refractivity contribution in [3.05, 3.63) is 0 Å². The van der Waals surface area contributed by atoms with Crippen molar-refractivity contribution >= 4 is 11.8 Å². The summed E-state index contributed by atoms with van der Waals surface area (Å²) in [7, 11) is 0. The highest BCUT2D eigenvalue weighted by Gasteiger charge is 2.42. The molecule has 108 valence electrons. The largest absolute Gasteiger partial charge is 0.352 e. The summed E-state index contributed by atoms with van der Waals surface area (Å²) < 4.78 is 0. The number of amides is 2. The smallest absolute Gasteiger partial charge is 0.243 e. The molecule has 3 N–H and O–H groups in total. The van der Waals surface area contributed by atoms with Crippen LogP contribution in [-0.2, 0) is 9.59 Å². The maximum absolute atomic E-state index is 12.6. The lowest BCUT2D eigenvalue weighted by atomic mass is 9.86. The first-order valence-electron chi connectivity index (χ1n) is 7.33. The van der Waals surface area contributed by atoms with Crippen LogP contribution in [0.2, 0.25) is 0 Å². The molecule has 2 aliphatic rings. The summed E-state index contributed by atoms with van der Waals surface area (Å²) in [6, 6.07) is 0.0580. The Balaban J connectivity index is 2.04. The van der Waals surface area contributed by atoms with Crippen LogP contribution in [0.5, 0.6) is 0 Å². The van der Waals surface area contributed by atoms with Crippen LogP contribution in [0, 0.1) is 5.41 Å². The van der Waals surface area contributed by atoms with Crippen molar-refractivity contribution in [2.75, 3.05) is 13.1 Å². The lowest BCUT2D eigenvalue weighted by Gasteiger charge is -2.33. The predicted octanol–water partition coefficient (Wildman–Crippen LogP) is 0.631. The minimum atomic E-state index is -0.539. The van der Waals surface area contributed by atoms with Gasteiger partial charge in [0, 0.05) is 19.1 Å². The number of nitrogens with one attached hydrogen (secondary N) is 1. The normalized spacial score (nSPS) is 26.1. The molecule has 0 aromatic heterocycles. The molecule has 19 heavy (non-hydrogen) atoms. The number of rotatable bonds is 5. The van der Waals surface area contributed by atoms with Crippen LogP contribution >= 0.6 is 0 Å². The highest BCUT2D eigenvalue weighted by molar-refractivity contribution is 5.90. The summed E-state index contributed by atoms with van der Waals surface area (Å²) in [5, 5.41) is 3.00. The number of hydrogen-bond donors (Lipinski definition) is 2. The molecule has 2 unspecified atom stereocenters. The Hall–Kier alpha value is -1.10. The Bertz CT molecular complexity index is 362. The molecule has 0 radical (unpaired) electrons. The number of carbonyl (C=O) groups is 2. The summed E-state index contributed by atoms with van der Waals surface area (Å²) >= 11 is 0. The molecule has 0 aromatic carbocycles. The molecule has 2 amide bonds. The second-order valence-electron chi connectivity index (χ2n) is 6.06. The van der Waals surface area contributed by atoms with Crippen molar-refractivity contribution in [1.82, 2.24) is 10.2 Å². The third-order valence-corrected chi connectivity index (χ3v) is 4.49.